The molecule has 0 saturated carbocycles. The fraction of sp³-hybridized carbons (Fsp3) is 0.667. The third-order valence-corrected chi connectivity index (χ3v) is 4.76. The van der Waals surface area contributed by atoms with Crippen LogP contribution in [0.2, 0.25) is 0 Å². The van der Waals surface area contributed by atoms with Crippen molar-refractivity contribution in [2.75, 3.05) is 18.5 Å². The predicted octanol–water partition coefficient (Wildman–Crippen LogP) is 2.38. The molecule has 5 nitrogen and oxygen atoms in total. The summed E-state index contributed by atoms with van der Waals surface area (Å²) in [6.07, 6.45) is 4.11. The molecule has 1 aromatic rings. The molecule has 1 aromatic heterocycles. The van der Waals surface area contributed by atoms with E-state index in [1.54, 1.807) is 0 Å². The van der Waals surface area contributed by atoms with Gasteiger partial charge >= 0.3 is 0 Å². The Morgan fingerprint density at radius 1 is 1.39 bits per heavy atom. The van der Waals surface area contributed by atoms with Gasteiger partial charge in [0, 0.05) is 25.0 Å². The molecular formula is C18H26N3O2+. The van der Waals surface area contributed by atoms with Gasteiger partial charge in [0.05, 0.1) is 18.3 Å². The molecule has 3 heterocycles. The highest BCUT2D eigenvalue weighted by Crippen LogP contribution is 2.33. The number of H-pyrrole nitrogens is 1. The zero-order chi connectivity index (χ0) is 16.4. The quantitative estimate of drug-likeness (QED) is 0.926. The highest BCUT2D eigenvalue weighted by atomic mass is 16.5. The van der Waals surface area contributed by atoms with Crippen molar-refractivity contribution in [3.63, 3.8) is 0 Å². The summed E-state index contributed by atoms with van der Waals surface area (Å²) in [5.74, 6) is 0.830. The summed E-state index contributed by atoms with van der Waals surface area (Å²) in [4.78, 5) is 3.42. The van der Waals surface area contributed by atoms with Gasteiger partial charge in [-0.1, -0.05) is 6.92 Å². The smallest absolute Gasteiger partial charge is 0.290 e. The molecule has 1 fully saturated rings. The maximum atomic E-state index is 9.72. The van der Waals surface area contributed by atoms with E-state index in [4.69, 9.17) is 9.47 Å². The summed E-state index contributed by atoms with van der Waals surface area (Å²) in [6, 6.07) is 2.40. The van der Waals surface area contributed by atoms with Gasteiger partial charge in [0.15, 0.2) is 0 Å². The average molecular weight is 316 g/mol. The Kier molecular flexibility index (Phi) is 4.56. The minimum atomic E-state index is -0.225. The number of ether oxygens (including phenoxy) is 2. The van der Waals surface area contributed by atoms with Gasteiger partial charge in [0.1, 0.15) is 23.9 Å². The molecule has 2 aliphatic heterocycles. The van der Waals surface area contributed by atoms with Gasteiger partial charge in [0.25, 0.3) is 5.82 Å². The van der Waals surface area contributed by atoms with Gasteiger partial charge in [-0.25, -0.2) is 4.98 Å². The fourth-order valence-electron chi connectivity index (χ4n) is 3.47. The van der Waals surface area contributed by atoms with Crippen LogP contribution in [-0.2, 0) is 28.9 Å². The summed E-state index contributed by atoms with van der Waals surface area (Å²) in [6.45, 7) is 8.45. The van der Waals surface area contributed by atoms with E-state index in [1.807, 2.05) is 0 Å². The molecule has 0 aliphatic carbocycles. The number of nitrogens with zero attached hydrogens (tertiary/aromatic N) is 1. The van der Waals surface area contributed by atoms with Crippen LogP contribution in [0, 0.1) is 11.3 Å². The van der Waals surface area contributed by atoms with Gasteiger partial charge in [0.2, 0.25) is 0 Å². The Bertz CT molecular complexity index is 628. The Balaban J connectivity index is 1.94. The van der Waals surface area contributed by atoms with Crippen LogP contribution in [0.4, 0.5) is 5.82 Å². The van der Waals surface area contributed by atoms with E-state index >= 15 is 0 Å². The number of hydrogen-bond donors (Lipinski definition) is 1. The molecule has 3 rings (SSSR count). The zero-order valence-corrected chi connectivity index (χ0v) is 14.3. The molecule has 1 saturated heterocycles. The minimum Gasteiger partial charge on any atom is -0.374 e. The molecule has 0 radical (unpaired) electrons. The first-order valence-corrected chi connectivity index (χ1v) is 8.53. The van der Waals surface area contributed by atoms with Gasteiger partial charge in [-0.05, 0) is 32.3 Å². The van der Waals surface area contributed by atoms with Crippen molar-refractivity contribution < 1.29 is 14.5 Å². The molecule has 0 amide bonds. The lowest BCUT2D eigenvalue weighted by molar-refractivity contribution is -0.375. The molecule has 0 aromatic carbocycles. The number of nitriles is 1. The van der Waals surface area contributed by atoms with Gasteiger partial charge in [-0.3, -0.25) is 5.32 Å². The standard InChI is InChI=1S/C18H25N3O2/c1-4-16-15-11-23-18(2,3)8-13(15)14(9-19)17(21-16)20-10-12-6-5-7-22-12/h12H,4-8,10-11H2,1-3H3,(H,20,21)/p+1/t12-/m1/s1. The van der Waals surface area contributed by atoms with Crippen molar-refractivity contribution in [1.82, 2.24) is 0 Å². The lowest BCUT2D eigenvalue weighted by Crippen LogP contribution is -2.36. The van der Waals surface area contributed by atoms with Crippen molar-refractivity contribution in [3.8, 4) is 6.07 Å². The van der Waals surface area contributed by atoms with E-state index in [9.17, 15) is 5.26 Å². The number of aryl methyl sites for hydroxylation is 1. The molecule has 2 aliphatic rings. The first kappa shape index (κ1) is 16.2. The molecule has 0 unspecified atom stereocenters. The van der Waals surface area contributed by atoms with Crippen molar-refractivity contribution >= 4 is 5.82 Å². The Morgan fingerprint density at radius 3 is 2.87 bits per heavy atom. The van der Waals surface area contributed by atoms with Crippen LogP contribution in [-0.4, -0.2) is 24.9 Å². The largest absolute Gasteiger partial charge is 0.374 e. The van der Waals surface area contributed by atoms with E-state index in [1.165, 1.54) is 0 Å². The van der Waals surface area contributed by atoms with E-state index in [0.29, 0.717) is 6.61 Å². The van der Waals surface area contributed by atoms with Crippen molar-refractivity contribution in [2.45, 2.75) is 64.8 Å². The SMILES string of the molecule is CCc1[nH+]c(NC[C@H]2CCCO2)c(C#N)c2c1COC(C)(C)C2. The second kappa shape index (κ2) is 6.46. The number of rotatable bonds is 4. The molecule has 1 atom stereocenters. The van der Waals surface area contributed by atoms with E-state index in [-0.39, 0.29) is 11.7 Å². The summed E-state index contributed by atoms with van der Waals surface area (Å²) >= 11 is 0. The Labute approximate surface area is 138 Å². The number of aromatic nitrogens is 1. The third-order valence-electron chi connectivity index (χ3n) is 4.76. The molecule has 2 N–H and O–H groups in total. The van der Waals surface area contributed by atoms with Gasteiger partial charge < -0.3 is 9.47 Å². The van der Waals surface area contributed by atoms with E-state index in [2.05, 4.69) is 37.1 Å². The molecule has 0 bridgehead atoms. The average Bonchev–Trinajstić information content (AvgIpc) is 3.04. The Hall–Kier alpha value is -1.64. The molecule has 5 heteroatoms. The number of fused-ring (bicyclic) bond motifs is 1. The zero-order valence-electron chi connectivity index (χ0n) is 14.3. The van der Waals surface area contributed by atoms with Crippen LogP contribution in [0.3, 0.4) is 0 Å². The first-order chi connectivity index (χ1) is 11.0. The molecule has 0 spiro atoms. The maximum absolute atomic E-state index is 9.72. The predicted molar refractivity (Wildman–Crippen MR) is 87.1 cm³/mol. The summed E-state index contributed by atoms with van der Waals surface area (Å²) in [5.41, 5.74) is 3.95. The fourth-order valence-corrected chi connectivity index (χ4v) is 3.47. The highest BCUT2D eigenvalue weighted by molar-refractivity contribution is 5.56. The van der Waals surface area contributed by atoms with Crippen LogP contribution in [0.1, 0.15) is 56.0 Å². The minimum absolute atomic E-state index is 0.225. The summed E-state index contributed by atoms with van der Waals surface area (Å²) in [5, 5.41) is 13.1. The maximum Gasteiger partial charge on any atom is 0.290 e. The first-order valence-electron chi connectivity index (χ1n) is 8.53. The van der Waals surface area contributed by atoms with Crippen molar-refractivity contribution in [1.29, 1.82) is 5.26 Å². The van der Waals surface area contributed by atoms with Crippen molar-refractivity contribution in [3.05, 3.63) is 22.4 Å². The topological polar surface area (TPSA) is 68.4 Å². The lowest BCUT2D eigenvalue weighted by Gasteiger charge is -2.32. The second-order valence-corrected chi connectivity index (χ2v) is 7.02. The molecular weight excluding hydrogens is 290 g/mol. The molecule has 23 heavy (non-hydrogen) atoms. The number of pyridine rings is 1. The Morgan fingerprint density at radius 2 is 2.22 bits per heavy atom. The van der Waals surface area contributed by atoms with Crippen molar-refractivity contribution in [2.24, 2.45) is 0 Å². The van der Waals surface area contributed by atoms with Gasteiger partial charge in [-0.2, -0.15) is 5.26 Å². The van der Waals surface area contributed by atoms with Crippen LogP contribution < -0.4 is 10.3 Å². The molecule has 124 valence electrons. The third kappa shape index (κ3) is 3.34. The second-order valence-electron chi connectivity index (χ2n) is 7.02. The van der Waals surface area contributed by atoms with Crippen LogP contribution in [0.15, 0.2) is 0 Å². The van der Waals surface area contributed by atoms with Crippen LogP contribution in [0.25, 0.3) is 0 Å². The number of hydrogen-bond acceptors (Lipinski definition) is 4. The van der Waals surface area contributed by atoms with Gasteiger partial charge in [-0.15, -0.1) is 0 Å². The highest BCUT2D eigenvalue weighted by Gasteiger charge is 2.33. The lowest BCUT2D eigenvalue weighted by atomic mass is 9.87. The van der Waals surface area contributed by atoms with E-state index < -0.39 is 0 Å². The van der Waals surface area contributed by atoms with Crippen LogP contribution >= 0.6 is 0 Å². The summed E-state index contributed by atoms with van der Waals surface area (Å²) < 4.78 is 11.6. The number of anilines is 1. The van der Waals surface area contributed by atoms with E-state index in [0.717, 1.165) is 67.0 Å². The summed E-state index contributed by atoms with van der Waals surface area (Å²) in [7, 11) is 0. The van der Waals surface area contributed by atoms with Crippen LogP contribution in [0.5, 0.6) is 0 Å². The normalized spacial score (nSPS) is 22.4. The monoisotopic (exact) mass is 316 g/mol. The number of aromatic amines is 1. The number of nitrogens with one attached hydrogen (secondary N) is 2.